The van der Waals surface area contributed by atoms with Gasteiger partial charge in [-0.1, -0.05) is 0 Å². The minimum Gasteiger partial charge on any atom is -0.396 e. The molecule has 0 bridgehead atoms. The molecule has 92 valence electrons. The molecule has 0 spiro atoms. The molecule has 0 aliphatic carbocycles. The van der Waals surface area contributed by atoms with Gasteiger partial charge in [-0.2, -0.15) is 0 Å². The predicted octanol–water partition coefficient (Wildman–Crippen LogP) is 2.02. The topological polar surface area (TPSA) is 40.5 Å². The lowest BCUT2D eigenvalue weighted by Crippen LogP contribution is -2.34. The number of nitrogens with zero attached hydrogens (tertiary/aromatic N) is 1. The fraction of sp³-hybridized carbons (Fsp3) is 0.500. The van der Waals surface area contributed by atoms with Crippen molar-refractivity contribution in [3.05, 3.63) is 29.3 Å². The van der Waals surface area contributed by atoms with Gasteiger partial charge in [0.2, 0.25) is 0 Å². The molecule has 1 aliphatic rings. The highest BCUT2D eigenvalue weighted by Crippen LogP contribution is 2.24. The molecule has 1 heterocycles. The number of aldehydes is 1. The van der Waals surface area contributed by atoms with Crippen LogP contribution in [0.2, 0.25) is 0 Å². The van der Waals surface area contributed by atoms with E-state index in [0.29, 0.717) is 12.5 Å². The summed E-state index contributed by atoms with van der Waals surface area (Å²) in [6.07, 6.45) is 2.99. The second-order valence-electron chi connectivity index (χ2n) is 4.77. The molecule has 1 saturated heterocycles. The van der Waals surface area contributed by atoms with E-state index in [4.69, 9.17) is 5.11 Å². The first-order valence-corrected chi connectivity index (χ1v) is 6.16. The van der Waals surface area contributed by atoms with Gasteiger partial charge < -0.3 is 10.0 Å². The quantitative estimate of drug-likeness (QED) is 0.812. The molecule has 0 saturated carbocycles. The van der Waals surface area contributed by atoms with E-state index in [-0.39, 0.29) is 0 Å². The van der Waals surface area contributed by atoms with E-state index in [0.717, 1.165) is 43.3 Å². The van der Waals surface area contributed by atoms with Crippen LogP contribution in [0.1, 0.15) is 28.8 Å². The van der Waals surface area contributed by atoms with E-state index >= 15 is 0 Å². The molecule has 1 N–H and O–H groups in total. The van der Waals surface area contributed by atoms with Crippen LogP contribution in [0.25, 0.3) is 0 Å². The number of benzene rings is 1. The Morgan fingerprint density at radius 1 is 1.41 bits per heavy atom. The molecule has 0 aromatic heterocycles. The summed E-state index contributed by atoms with van der Waals surface area (Å²) in [5, 5.41) is 9.10. The largest absolute Gasteiger partial charge is 0.396 e. The van der Waals surface area contributed by atoms with Gasteiger partial charge >= 0.3 is 0 Å². The van der Waals surface area contributed by atoms with Crippen molar-refractivity contribution in [2.45, 2.75) is 19.8 Å². The van der Waals surface area contributed by atoms with Gasteiger partial charge in [-0.15, -0.1) is 0 Å². The highest BCUT2D eigenvalue weighted by molar-refractivity contribution is 5.78. The molecular weight excluding hydrogens is 214 g/mol. The Morgan fingerprint density at radius 2 is 2.12 bits per heavy atom. The van der Waals surface area contributed by atoms with E-state index < -0.39 is 0 Å². The fourth-order valence-electron chi connectivity index (χ4n) is 2.36. The van der Waals surface area contributed by atoms with Crippen LogP contribution < -0.4 is 4.90 Å². The zero-order chi connectivity index (χ0) is 12.3. The molecule has 1 aromatic carbocycles. The number of aliphatic hydroxyl groups is 1. The summed E-state index contributed by atoms with van der Waals surface area (Å²) >= 11 is 0. The van der Waals surface area contributed by atoms with Crippen molar-refractivity contribution in [1.82, 2.24) is 0 Å². The number of piperidine rings is 1. The lowest BCUT2D eigenvalue weighted by molar-refractivity contribution is 0.112. The van der Waals surface area contributed by atoms with E-state index in [2.05, 4.69) is 11.0 Å². The van der Waals surface area contributed by atoms with E-state index in [9.17, 15) is 4.79 Å². The molecule has 0 unspecified atom stereocenters. The molecule has 3 heteroatoms. The van der Waals surface area contributed by atoms with Gasteiger partial charge in [0.05, 0.1) is 0 Å². The molecule has 1 aliphatic heterocycles. The Balaban J connectivity index is 2.08. The van der Waals surface area contributed by atoms with Gasteiger partial charge in [0.25, 0.3) is 0 Å². The summed E-state index contributed by atoms with van der Waals surface area (Å²) in [6, 6.07) is 5.97. The number of hydrogen-bond acceptors (Lipinski definition) is 3. The lowest BCUT2D eigenvalue weighted by atomic mass is 9.97. The van der Waals surface area contributed by atoms with Crippen molar-refractivity contribution in [3.63, 3.8) is 0 Å². The third kappa shape index (κ3) is 2.67. The summed E-state index contributed by atoms with van der Waals surface area (Å²) in [7, 11) is 0. The van der Waals surface area contributed by atoms with Crippen molar-refractivity contribution in [2.75, 3.05) is 24.6 Å². The number of aliphatic hydroxyl groups excluding tert-OH is 1. The van der Waals surface area contributed by atoms with E-state index in [1.54, 1.807) is 0 Å². The van der Waals surface area contributed by atoms with Gasteiger partial charge in [0.1, 0.15) is 6.29 Å². The third-order valence-electron chi connectivity index (χ3n) is 3.62. The molecule has 0 radical (unpaired) electrons. The highest BCUT2D eigenvalue weighted by atomic mass is 16.3. The summed E-state index contributed by atoms with van der Waals surface area (Å²) < 4.78 is 0. The monoisotopic (exact) mass is 233 g/mol. The average molecular weight is 233 g/mol. The van der Waals surface area contributed by atoms with Crippen LogP contribution in [0.5, 0.6) is 0 Å². The van der Waals surface area contributed by atoms with Crippen LogP contribution in [-0.2, 0) is 0 Å². The number of carbonyl (C=O) groups excluding carboxylic acids is 1. The van der Waals surface area contributed by atoms with Crippen LogP contribution in [0.15, 0.2) is 18.2 Å². The Labute approximate surface area is 102 Å². The summed E-state index contributed by atoms with van der Waals surface area (Å²) in [4.78, 5) is 13.1. The molecular formula is C14H19NO2. The van der Waals surface area contributed by atoms with Crippen molar-refractivity contribution in [3.8, 4) is 0 Å². The second-order valence-corrected chi connectivity index (χ2v) is 4.77. The zero-order valence-electron chi connectivity index (χ0n) is 10.2. The van der Waals surface area contributed by atoms with Crippen LogP contribution in [0, 0.1) is 12.8 Å². The fourth-order valence-corrected chi connectivity index (χ4v) is 2.36. The molecule has 2 rings (SSSR count). The average Bonchev–Trinajstić information content (AvgIpc) is 2.39. The Morgan fingerprint density at radius 3 is 2.65 bits per heavy atom. The second kappa shape index (κ2) is 5.32. The number of rotatable bonds is 3. The highest BCUT2D eigenvalue weighted by Gasteiger charge is 2.18. The SMILES string of the molecule is Cc1cc(N2CCC(CO)CC2)ccc1C=O. The normalized spacial score (nSPS) is 17.2. The Bertz CT molecular complexity index is 395. The lowest BCUT2D eigenvalue weighted by Gasteiger charge is -2.33. The summed E-state index contributed by atoms with van der Waals surface area (Å²) in [5.41, 5.74) is 2.98. The maximum atomic E-state index is 10.8. The third-order valence-corrected chi connectivity index (χ3v) is 3.62. The van der Waals surface area contributed by atoms with Crippen LogP contribution in [-0.4, -0.2) is 31.1 Å². The van der Waals surface area contributed by atoms with Gasteiger partial charge in [-0.3, -0.25) is 4.79 Å². The first-order chi connectivity index (χ1) is 8.24. The van der Waals surface area contributed by atoms with E-state index in [1.807, 2.05) is 19.1 Å². The molecule has 1 aromatic rings. The van der Waals surface area contributed by atoms with Crippen molar-refractivity contribution >= 4 is 12.0 Å². The van der Waals surface area contributed by atoms with Crippen molar-refractivity contribution in [2.24, 2.45) is 5.92 Å². The predicted molar refractivity (Wildman–Crippen MR) is 68.6 cm³/mol. The minimum absolute atomic E-state index is 0.303. The number of anilines is 1. The minimum atomic E-state index is 0.303. The number of carbonyl (C=O) groups is 1. The van der Waals surface area contributed by atoms with Gasteiger partial charge in [0.15, 0.2) is 0 Å². The Kier molecular flexibility index (Phi) is 3.79. The van der Waals surface area contributed by atoms with Gasteiger partial charge in [-0.25, -0.2) is 0 Å². The standard InChI is InChI=1S/C14H19NO2/c1-11-8-14(3-2-13(11)10-17)15-6-4-12(9-16)5-7-15/h2-3,8,10,12,16H,4-7,9H2,1H3. The maximum absolute atomic E-state index is 10.8. The van der Waals surface area contributed by atoms with Crippen LogP contribution in [0.4, 0.5) is 5.69 Å². The first-order valence-electron chi connectivity index (χ1n) is 6.16. The summed E-state index contributed by atoms with van der Waals surface area (Å²) in [5.74, 6) is 0.460. The van der Waals surface area contributed by atoms with E-state index in [1.165, 1.54) is 5.69 Å². The number of aryl methyl sites for hydroxylation is 1. The van der Waals surface area contributed by atoms with Gasteiger partial charge in [0, 0.05) is 30.9 Å². The Hall–Kier alpha value is -1.35. The molecule has 17 heavy (non-hydrogen) atoms. The number of hydrogen-bond donors (Lipinski definition) is 1. The van der Waals surface area contributed by atoms with Crippen molar-refractivity contribution in [1.29, 1.82) is 0 Å². The van der Waals surface area contributed by atoms with Crippen LogP contribution >= 0.6 is 0 Å². The van der Waals surface area contributed by atoms with Crippen molar-refractivity contribution < 1.29 is 9.90 Å². The van der Waals surface area contributed by atoms with Gasteiger partial charge in [-0.05, 0) is 49.4 Å². The van der Waals surface area contributed by atoms with Crippen LogP contribution in [0.3, 0.4) is 0 Å². The maximum Gasteiger partial charge on any atom is 0.150 e. The smallest absolute Gasteiger partial charge is 0.150 e. The molecule has 3 nitrogen and oxygen atoms in total. The zero-order valence-corrected chi connectivity index (χ0v) is 10.2. The first kappa shape index (κ1) is 12.1. The molecule has 0 amide bonds. The molecule has 0 atom stereocenters. The molecule has 1 fully saturated rings. The summed E-state index contributed by atoms with van der Waals surface area (Å²) in [6.45, 7) is 4.25.